The van der Waals surface area contributed by atoms with Gasteiger partial charge < -0.3 is 24.4 Å². The summed E-state index contributed by atoms with van der Waals surface area (Å²) in [4.78, 5) is 15.8. The van der Waals surface area contributed by atoms with Crippen LogP contribution in [0.1, 0.15) is 12.5 Å². The molecule has 0 amide bonds. The van der Waals surface area contributed by atoms with Crippen molar-refractivity contribution in [1.82, 2.24) is 15.1 Å². The summed E-state index contributed by atoms with van der Waals surface area (Å²) >= 11 is 5.49. The molecule has 0 spiro atoms. The Kier molecular flexibility index (Phi) is 5.93. The summed E-state index contributed by atoms with van der Waals surface area (Å²) in [5.74, 6) is 1.39. The summed E-state index contributed by atoms with van der Waals surface area (Å²) in [5, 5.41) is 4.02. The van der Waals surface area contributed by atoms with Gasteiger partial charge in [-0.2, -0.15) is 0 Å². The fourth-order valence-corrected chi connectivity index (χ4v) is 3.09. The van der Waals surface area contributed by atoms with Crippen LogP contribution in [-0.2, 0) is 16.1 Å². The summed E-state index contributed by atoms with van der Waals surface area (Å²) in [6.07, 6.45) is 0. The number of carbonyl (C=O) groups excluding carboxylic acids is 1. The number of thiocarbonyl (C=S) groups is 1. The monoisotopic (exact) mass is 365 g/mol. The van der Waals surface area contributed by atoms with E-state index in [1.807, 2.05) is 25.1 Å². The Morgan fingerprint density at radius 3 is 2.76 bits per heavy atom. The van der Waals surface area contributed by atoms with Crippen molar-refractivity contribution in [3.8, 4) is 11.5 Å². The van der Waals surface area contributed by atoms with Gasteiger partial charge in [0.25, 0.3) is 0 Å². The molecule has 136 valence electrons. The van der Waals surface area contributed by atoms with Crippen LogP contribution >= 0.6 is 12.2 Å². The lowest BCUT2D eigenvalue weighted by Gasteiger charge is -2.35. The Morgan fingerprint density at radius 2 is 2.00 bits per heavy atom. The SMILES string of the molecule is CCOC(=O)CN1CCN(C(=S)NCc2ccc3c(c2)OCO3)CC1. The van der Waals surface area contributed by atoms with Crippen LogP contribution in [0.3, 0.4) is 0 Å². The van der Waals surface area contributed by atoms with Gasteiger partial charge in [-0.3, -0.25) is 9.69 Å². The van der Waals surface area contributed by atoms with Crippen molar-refractivity contribution in [3.05, 3.63) is 23.8 Å². The summed E-state index contributed by atoms with van der Waals surface area (Å²) in [6.45, 7) is 6.69. The van der Waals surface area contributed by atoms with Crippen LogP contribution in [0.2, 0.25) is 0 Å². The first kappa shape index (κ1) is 17.8. The van der Waals surface area contributed by atoms with Crippen LogP contribution in [0.5, 0.6) is 11.5 Å². The van der Waals surface area contributed by atoms with Crippen molar-refractivity contribution in [2.75, 3.05) is 46.1 Å². The highest BCUT2D eigenvalue weighted by atomic mass is 32.1. The maximum Gasteiger partial charge on any atom is 0.320 e. The smallest absolute Gasteiger partial charge is 0.320 e. The molecule has 2 aliphatic heterocycles. The number of piperazine rings is 1. The third kappa shape index (κ3) is 4.73. The van der Waals surface area contributed by atoms with E-state index in [2.05, 4.69) is 15.1 Å². The number of hydrogen-bond acceptors (Lipinski definition) is 6. The maximum atomic E-state index is 11.5. The molecular formula is C17H23N3O4S. The molecule has 8 heteroatoms. The Labute approximate surface area is 152 Å². The van der Waals surface area contributed by atoms with E-state index in [0.29, 0.717) is 19.7 Å². The highest BCUT2D eigenvalue weighted by molar-refractivity contribution is 7.80. The highest BCUT2D eigenvalue weighted by Crippen LogP contribution is 2.32. The molecule has 0 saturated carbocycles. The first-order valence-electron chi connectivity index (χ1n) is 8.45. The maximum absolute atomic E-state index is 11.5. The lowest BCUT2D eigenvalue weighted by atomic mass is 10.2. The summed E-state index contributed by atoms with van der Waals surface area (Å²) in [6, 6.07) is 5.88. The van der Waals surface area contributed by atoms with Gasteiger partial charge in [0.05, 0.1) is 13.2 Å². The molecule has 1 aromatic carbocycles. The van der Waals surface area contributed by atoms with Gasteiger partial charge in [-0.15, -0.1) is 0 Å². The van der Waals surface area contributed by atoms with Gasteiger partial charge in [-0.1, -0.05) is 6.07 Å². The Hall–Kier alpha value is -2.06. The van der Waals surface area contributed by atoms with Crippen LogP contribution in [0.4, 0.5) is 0 Å². The number of esters is 1. The molecule has 0 radical (unpaired) electrons. The lowest BCUT2D eigenvalue weighted by molar-refractivity contribution is -0.144. The third-order valence-electron chi connectivity index (χ3n) is 4.20. The van der Waals surface area contributed by atoms with E-state index < -0.39 is 0 Å². The van der Waals surface area contributed by atoms with Crippen LogP contribution in [0.15, 0.2) is 18.2 Å². The average molecular weight is 365 g/mol. The van der Waals surface area contributed by atoms with Gasteiger partial charge >= 0.3 is 5.97 Å². The average Bonchev–Trinajstić information content (AvgIpc) is 3.08. The zero-order valence-corrected chi connectivity index (χ0v) is 15.1. The Morgan fingerprint density at radius 1 is 1.24 bits per heavy atom. The van der Waals surface area contributed by atoms with Crippen molar-refractivity contribution in [3.63, 3.8) is 0 Å². The summed E-state index contributed by atoms with van der Waals surface area (Å²) < 4.78 is 15.7. The molecule has 0 atom stereocenters. The van der Waals surface area contributed by atoms with Crippen molar-refractivity contribution >= 4 is 23.3 Å². The number of fused-ring (bicyclic) bond motifs is 1. The largest absolute Gasteiger partial charge is 0.465 e. The lowest BCUT2D eigenvalue weighted by Crippen LogP contribution is -2.52. The number of carbonyl (C=O) groups is 1. The fraction of sp³-hybridized carbons (Fsp3) is 0.529. The van der Waals surface area contributed by atoms with Gasteiger partial charge in [0, 0.05) is 32.7 Å². The molecule has 0 bridgehead atoms. The summed E-state index contributed by atoms with van der Waals surface area (Å²) in [7, 11) is 0. The number of rotatable bonds is 5. The van der Waals surface area contributed by atoms with Gasteiger partial charge in [0.15, 0.2) is 16.6 Å². The minimum atomic E-state index is -0.167. The first-order chi connectivity index (χ1) is 12.2. The molecule has 2 heterocycles. The van der Waals surface area contributed by atoms with Gasteiger partial charge in [-0.25, -0.2) is 0 Å². The minimum absolute atomic E-state index is 0.167. The van der Waals surface area contributed by atoms with Gasteiger partial charge in [-0.05, 0) is 36.8 Å². The van der Waals surface area contributed by atoms with Crippen LogP contribution in [0.25, 0.3) is 0 Å². The molecule has 1 fully saturated rings. The standard InChI is InChI=1S/C17H23N3O4S/c1-2-22-16(21)11-19-5-7-20(8-6-19)17(25)18-10-13-3-4-14-15(9-13)24-12-23-14/h3-4,9H,2,5-8,10-12H2,1H3,(H,18,25). The van der Waals surface area contributed by atoms with Crippen LogP contribution < -0.4 is 14.8 Å². The fourth-order valence-electron chi connectivity index (χ4n) is 2.84. The van der Waals surface area contributed by atoms with E-state index >= 15 is 0 Å². The molecule has 25 heavy (non-hydrogen) atoms. The molecular weight excluding hydrogens is 342 g/mol. The van der Waals surface area contributed by atoms with Crippen molar-refractivity contribution in [1.29, 1.82) is 0 Å². The molecule has 1 N–H and O–H groups in total. The van der Waals surface area contributed by atoms with Crippen LogP contribution in [-0.4, -0.2) is 67.0 Å². The van der Waals surface area contributed by atoms with Crippen LogP contribution in [0, 0.1) is 0 Å². The molecule has 0 unspecified atom stereocenters. The van der Waals surface area contributed by atoms with E-state index in [1.165, 1.54) is 0 Å². The van der Waals surface area contributed by atoms with E-state index in [4.69, 9.17) is 26.4 Å². The molecule has 0 aromatic heterocycles. The van der Waals surface area contributed by atoms with Crippen molar-refractivity contribution in [2.45, 2.75) is 13.5 Å². The predicted octanol–water partition coefficient (Wildman–Crippen LogP) is 0.970. The third-order valence-corrected chi connectivity index (χ3v) is 4.60. The topological polar surface area (TPSA) is 63.3 Å². The number of ether oxygens (including phenoxy) is 3. The number of nitrogens with one attached hydrogen (secondary N) is 1. The Bertz CT molecular complexity index is 632. The second kappa shape index (κ2) is 8.35. The number of nitrogens with zero attached hydrogens (tertiary/aromatic N) is 2. The zero-order chi connectivity index (χ0) is 17.6. The quantitative estimate of drug-likeness (QED) is 0.612. The number of hydrogen-bond donors (Lipinski definition) is 1. The first-order valence-corrected chi connectivity index (χ1v) is 8.86. The zero-order valence-electron chi connectivity index (χ0n) is 14.3. The second-order valence-corrected chi connectivity index (χ2v) is 6.30. The summed E-state index contributed by atoms with van der Waals surface area (Å²) in [5.41, 5.74) is 1.09. The normalized spacial score (nSPS) is 16.6. The second-order valence-electron chi connectivity index (χ2n) is 5.91. The van der Waals surface area contributed by atoms with Gasteiger partial charge in [0.2, 0.25) is 6.79 Å². The molecule has 2 aliphatic rings. The van der Waals surface area contributed by atoms with Crippen molar-refractivity contribution in [2.24, 2.45) is 0 Å². The van der Waals surface area contributed by atoms with E-state index in [1.54, 1.807) is 0 Å². The molecule has 7 nitrogen and oxygen atoms in total. The molecule has 0 aliphatic carbocycles. The Balaban J connectivity index is 1.41. The predicted molar refractivity (Wildman–Crippen MR) is 96.6 cm³/mol. The van der Waals surface area contributed by atoms with E-state index in [9.17, 15) is 4.79 Å². The van der Waals surface area contributed by atoms with Crippen molar-refractivity contribution < 1.29 is 19.0 Å². The number of benzene rings is 1. The molecule has 3 rings (SSSR count). The molecule has 1 saturated heterocycles. The van der Waals surface area contributed by atoms with E-state index in [-0.39, 0.29) is 12.8 Å². The molecule has 1 aromatic rings. The minimum Gasteiger partial charge on any atom is -0.465 e. The van der Waals surface area contributed by atoms with Gasteiger partial charge in [0.1, 0.15) is 0 Å². The highest BCUT2D eigenvalue weighted by Gasteiger charge is 2.21. The van der Waals surface area contributed by atoms with E-state index in [0.717, 1.165) is 48.4 Å².